The standard InChI is InChI=1S/C35H24N8O12S2/c36-31-30-20(15-28(56(50,51)52)32(31)41-40-25-3-1-2-4-26(25)43(48)49)16-29(57(53,54)55)33(34(30)45)42-38-22-11-7-19(8-12-22)18-5-9-21(10-6-18)37-39-23-13-14-27(44)24(17-23)35(46)47/h1-17,39,44H,36H2,(H,46,47)(H,50,51,52)(H,53,54,55). The molecule has 288 valence electrons. The normalized spacial score (nSPS) is 15.9. The number of Topliss-reactive ketones (excluding diaryl/α,β-unsaturated/α-hetero) is 1. The van der Waals surface area contributed by atoms with E-state index in [0.717, 1.165) is 11.6 Å². The van der Waals surface area contributed by atoms with E-state index >= 15 is 0 Å². The minimum absolute atomic E-state index is 0.124. The molecule has 0 heterocycles. The van der Waals surface area contributed by atoms with Crippen molar-refractivity contribution in [1.29, 1.82) is 0 Å². The van der Waals surface area contributed by atoms with Crippen molar-refractivity contribution in [2.24, 2.45) is 25.5 Å². The van der Waals surface area contributed by atoms with Crippen LogP contribution in [0.2, 0.25) is 0 Å². The Labute approximate surface area is 320 Å². The number of benzene rings is 3. The zero-order chi connectivity index (χ0) is 41.2. The third-order valence-electron chi connectivity index (χ3n) is 8.06. The van der Waals surface area contributed by atoms with Crippen LogP contribution in [0.25, 0.3) is 6.08 Å². The highest BCUT2D eigenvalue weighted by Crippen LogP contribution is 2.41. The molecule has 57 heavy (non-hydrogen) atoms. The number of hydrogen-bond donors (Lipinski definition) is 6. The van der Waals surface area contributed by atoms with Gasteiger partial charge in [-0.1, -0.05) is 36.4 Å². The number of nitrogens with one attached hydrogen (secondary N) is 1. The average Bonchev–Trinajstić information content (AvgIpc) is 3.16. The lowest BCUT2D eigenvalue weighted by Crippen LogP contribution is -2.27. The Bertz CT molecular complexity index is 2830. The number of nitrogens with two attached hydrogens (primary N) is 1. The van der Waals surface area contributed by atoms with Crippen LogP contribution < -0.4 is 11.2 Å². The van der Waals surface area contributed by atoms with Crippen LogP contribution >= 0.6 is 0 Å². The van der Waals surface area contributed by atoms with Crippen molar-refractivity contribution in [3.8, 4) is 5.75 Å². The number of anilines is 2. The number of allylic oxidation sites excluding steroid dienone is 11. The summed E-state index contributed by atoms with van der Waals surface area (Å²) >= 11 is 0. The monoisotopic (exact) mass is 812 g/mol. The van der Waals surface area contributed by atoms with Gasteiger partial charge in [0, 0.05) is 6.07 Å². The van der Waals surface area contributed by atoms with Gasteiger partial charge in [-0.15, -0.1) is 15.3 Å². The summed E-state index contributed by atoms with van der Waals surface area (Å²) in [5, 5.41) is 49.6. The van der Waals surface area contributed by atoms with Gasteiger partial charge >= 0.3 is 5.97 Å². The highest BCUT2D eigenvalue weighted by Gasteiger charge is 2.37. The third-order valence-corrected chi connectivity index (χ3v) is 9.80. The van der Waals surface area contributed by atoms with E-state index in [4.69, 9.17) is 5.73 Å². The van der Waals surface area contributed by atoms with Crippen molar-refractivity contribution < 1.29 is 50.7 Å². The van der Waals surface area contributed by atoms with E-state index in [0.29, 0.717) is 29.1 Å². The fraction of sp³-hybridized carbons (Fsp3) is 0. The molecule has 0 bridgehead atoms. The van der Waals surface area contributed by atoms with Crippen molar-refractivity contribution in [2.75, 3.05) is 11.2 Å². The molecule has 0 aliphatic heterocycles. The Morgan fingerprint density at radius 3 is 2.05 bits per heavy atom. The molecular formula is C35H24N8O12S2. The van der Waals surface area contributed by atoms with E-state index in [1.807, 2.05) is 0 Å². The number of hydrogen-bond acceptors (Lipinski definition) is 16. The van der Waals surface area contributed by atoms with Gasteiger partial charge in [-0.05, 0) is 77.4 Å². The minimum atomic E-state index is -5.21. The number of carbonyl (C=O) groups is 2. The molecule has 0 amide bonds. The number of carboxylic acid groups (broad SMARTS) is 1. The van der Waals surface area contributed by atoms with Crippen LogP contribution in [0.1, 0.15) is 26.3 Å². The van der Waals surface area contributed by atoms with Crippen LogP contribution in [0.4, 0.5) is 28.4 Å². The molecule has 0 aromatic heterocycles. The zero-order valence-corrected chi connectivity index (χ0v) is 30.1. The number of nitro groups is 1. The lowest BCUT2D eigenvalue weighted by Gasteiger charge is -2.19. The van der Waals surface area contributed by atoms with Crippen molar-refractivity contribution in [2.45, 2.75) is 4.90 Å². The molecule has 0 unspecified atom stereocenters. The summed E-state index contributed by atoms with van der Waals surface area (Å²) in [6.45, 7) is 0. The second-order valence-electron chi connectivity index (χ2n) is 11.7. The lowest BCUT2D eigenvalue weighted by molar-refractivity contribution is -0.384. The number of phenols is 1. The van der Waals surface area contributed by atoms with Gasteiger partial charge in [0.25, 0.3) is 25.9 Å². The van der Waals surface area contributed by atoms with Crippen LogP contribution in [0.5, 0.6) is 5.75 Å². The molecule has 0 saturated carbocycles. The van der Waals surface area contributed by atoms with Crippen LogP contribution in [0, 0.1) is 10.1 Å². The number of nitrogens with zero attached hydrogens (tertiary/aromatic N) is 6. The molecule has 22 heteroatoms. The number of rotatable bonds is 9. The van der Waals surface area contributed by atoms with Crippen LogP contribution in [-0.4, -0.2) is 70.0 Å². The maximum Gasteiger partial charge on any atom is 0.339 e. The number of para-hydroxylation sites is 1. The number of azo groups is 1. The molecule has 20 nitrogen and oxygen atoms in total. The predicted octanol–water partition coefficient (Wildman–Crippen LogP) is 5.48. The molecule has 0 saturated heterocycles. The second kappa shape index (κ2) is 15.3. The molecular weight excluding hydrogens is 789 g/mol. The number of nitrogen functional groups attached to an aromatic ring is 1. The molecule has 0 spiro atoms. The topological polar surface area (TPSA) is 326 Å². The zero-order valence-electron chi connectivity index (χ0n) is 28.4. The molecule has 0 fully saturated rings. The number of carbonyl (C=O) groups excluding carboxylic acids is 1. The second-order valence-corrected chi connectivity index (χ2v) is 14.5. The molecule has 3 aromatic rings. The summed E-state index contributed by atoms with van der Waals surface area (Å²) in [5.41, 5.74) is 6.65. The summed E-state index contributed by atoms with van der Waals surface area (Å²) in [6, 6.07) is 9.55. The van der Waals surface area contributed by atoms with Gasteiger partial charge in [-0.2, -0.15) is 27.0 Å². The number of hydrazone groups is 1. The Hall–Kier alpha value is -7.53. The maximum atomic E-state index is 13.8. The van der Waals surface area contributed by atoms with E-state index in [9.17, 15) is 55.9 Å². The number of aromatic hydroxyl groups is 1. The molecule has 0 atom stereocenters. The number of carboxylic acids is 1. The first-order valence-corrected chi connectivity index (χ1v) is 18.7. The molecule has 3 aromatic carbocycles. The van der Waals surface area contributed by atoms with E-state index in [2.05, 4.69) is 31.0 Å². The van der Waals surface area contributed by atoms with Crippen molar-refractivity contribution in [3.05, 3.63) is 140 Å². The molecule has 7 N–H and O–H groups in total. The third kappa shape index (κ3) is 8.42. The van der Waals surface area contributed by atoms with Gasteiger partial charge < -0.3 is 15.9 Å². The van der Waals surface area contributed by atoms with Gasteiger partial charge in [-0.25, -0.2) is 4.79 Å². The summed E-state index contributed by atoms with van der Waals surface area (Å²) in [7, 11) is -10.4. The van der Waals surface area contributed by atoms with Gasteiger partial charge in [0.1, 0.15) is 26.8 Å². The fourth-order valence-corrected chi connectivity index (χ4v) is 6.68. The summed E-state index contributed by atoms with van der Waals surface area (Å²) in [6.07, 6.45) is 13.7. The van der Waals surface area contributed by atoms with Crippen LogP contribution in [0.15, 0.2) is 144 Å². The SMILES string of the molecule is Nc1c(N=Nc2ccccc2[N+](=O)[O-])c(S(=O)(=O)O)cc2c1C(=O)C(=NN=C1C=CC(=C3C=CC(=NNc4ccc(O)c(C(=O)O)c4)C=C3)C=C1)C(S(=O)(=O)O)=C2. The van der Waals surface area contributed by atoms with E-state index in [1.165, 1.54) is 48.6 Å². The Kier molecular flexibility index (Phi) is 10.5. The van der Waals surface area contributed by atoms with Gasteiger partial charge in [0.2, 0.25) is 5.78 Å². The highest BCUT2D eigenvalue weighted by atomic mass is 32.2. The summed E-state index contributed by atoms with van der Waals surface area (Å²) < 4.78 is 69.5. The first kappa shape index (κ1) is 39.2. The van der Waals surface area contributed by atoms with Gasteiger partial charge in [0.15, 0.2) is 11.4 Å². The number of aromatic carboxylic acids is 1. The largest absolute Gasteiger partial charge is 0.507 e. The maximum absolute atomic E-state index is 13.8. The van der Waals surface area contributed by atoms with E-state index in [1.54, 1.807) is 36.5 Å². The van der Waals surface area contributed by atoms with Crippen molar-refractivity contribution >= 4 is 83.6 Å². The number of nitro benzene ring substituents is 1. The minimum Gasteiger partial charge on any atom is -0.507 e. The Morgan fingerprint density at radius 1 is 0.825 bits per heavy atom. The summed E-state index contributed by atoms with van der Waals surface area (Å²) in [4.78, 5) is 33.6. The number of ketones is 1. The highest BCUT2D eigenvalue weighted by molar-refractivity contribution is 7.91. The first-order valence-electron chi connectivity index (χ1n) is 15.8. The lowest BCUT2D eigenvalue weighted by atomic mass is 9.92. The van der Waals surface area contributed by atoms with Crippen molar-refractivity contribution in [3.63, 3.8) is 0 Å². The summed E-state index contributed by atoms with van der Waals surface area (Å²) in [5.74, 6) is -2.94. The van der Waals surface area contributed by atoms with Crippen molar-refractivity contribution in [1.82, 2.24) is 0 Å². The smallest absolute Gasteiger partial charge is 0.339 e. The number of fused-ring (bicyclic) bond motifs is 1. The Balaban J connectivity index is 1.29. The van der Waals surface area contributed by atoms with E-state index < -0.39 is 86.4 Å². The fourth-order valence-electron chi connectivity index (χ4n) is 5.36. The first-order chi connectivity index (χ1) is 26.9. The van der Waals surface area contributed by atoms with Crippen LogP contribution in [-0.2, 0) is 20.2 Å². The molecule has 3 aliphatic rings. The molecule has 3 aliphatic carbocycles. The van der Waals surface area contributed by atoms with Gasteiger partial charge in [0.05, 0.1) is 33.3 Å². The van der Waals surface area contributed by atoms with Gasteiger partial charge in [-0.3, -0.25) is 29.4 Å². The average molecular weight is 813 g/mol. The molecule has 6 rings (SSSR count). The quantitative estimate of drug-likeness (QED) is 0.0389. The predicted molar refractivity (Wildman–Crippen MR) is 206 cm³/mol. The molecule has 0 radical (unpaired) electrons. The van der Waals surface area contributed by atoms with E-state index in [-0.39, 0.29) is 17.0 Å². The van der Waals surface area contributed by atoms with Crippen LogP contribution in [0.3, 0.4) is 0 Å². The Morgan fingerprint density at radius 2 is 1.46 bits per heavy atom.